The van der Waals surface area contributed by atoms with Crippen molar-refractivity contribution >= 4 is 0 Å². The maximum atomic E-state index is 3.60. The molecule has 1 unspecified atom stereocenters. The Bertz CT molecular complexity index is 328. The fraction of sp³-hybridized carbons (Fsp3) is 0.625. The quantitative estimate of drug-likeness (QED) is 0.830. The molecule has 1 fully saturated rings. The summed E-state index contributed by atoms with van der Waals surface area (Å²) in [5.74, 6) is 0. The van der Waals surface area contributed by atoms with Gasteiger partial charge in [-0.25, -0.2) is 0 Å². The molecule has 1 heterocycles. The van der Waals surface area contributed by atoms with Crippen molar-refractivity contribution in [3.8, 4) is 0 Å². The van der Waals surface area contributed by atoms with E-state index in [2.05, 4.69) is 54.4 Å². The monoisotopic (exact) mass is 246 g/mol. The Kier molecular flexibility index (Phi) is 5.21. The van der Waals surface area contributed by atoms with Crippen LogP contribution in [0.4, 0.5) is 0 Å². The molecule has 0 amide bonds. The average molecular weight is 246 g/mol. The molecule has 1 atom stereocenters. The van der Waals surface area contributed by atoms with Gasteiger partial charge in [0.25, 0.3) is 0 Å². The fourth-order valence-electron chi connectivity index (χ4n) is 2.67. The Balaban J connectivity index is 1.82. The Labute approximate surface area is 111 Å². The lowest BCUT2D eigenvalue weighted by atomic mass is 10.1. The second kappa shape index (κ2) is 6.91. The highest BCUT2D eigenvalue weighted by molar-refractivity contribution is 5.14. The Morgan fingerprint density at radius 3 is 2.67 bits per heavy atom. The van der Waals surface area contributed by atoms with E-state index in [9.17, 15) is 0 Å². The third-order valence-electron chi connectivity index (χ3n) is 3.88. The number of nitrogens with one attached hydrogen (secondary N) is 1. The molecule has 0 aromatic heterocycles. The van der Waals surface area contributed by atoms with E-state index in [1.807, 2.05) is 0 Å². The van der Waals surface area contributed by atoms with E-state index < -0.39 is 0 Å². The largest absolute Gasteiger partial charge is 0.313 e. The molecule has 0 radical (unpaired) electrons. The number of hydrogen-bond acceptors (Lipinski definition) is 2. The van der Waals surface area contributed by atoms with E-state index in [0.29, 0.717) is 12.1 Å². The minimum absolute atomic E-state index is 0.635. The van der Waals surface area contributed by atoms with Crippen LogP contribution in [0.15, 0.2) is 30.3 Å². The van der Waals surface area contributed by atoms with Crippen LogP contribution in [0.3, 0.4) is 0 Å². The first-order valence-electron chi connectivity index (χ1n) is 7.27. The number of rotatable bonds is 6. The van der Waals surface area contributed by atoms with Gasteiger partial charge in [-0.05, 0) is 45.2 Å². The van der Waals surface area contributed by atoms with Gasteiger partial charge in [-0.1, -0.05) is 30.3 Å². The van der Waals surface area contributed by atoms with Crippen LogP contribution in [0.1, 0.15) is 32.3 Å². The van der Waals surface area contributed by atoms with Crippen molar-refractivity contribution in [1.82, 2.24) is 10.2 Å². The third kappa shape index (κ3) is 4.11. The maximum absolute atomic E-state index is 3.60. The summed E-state index contributed by atoms with van der Waals surface area (Å²) < 4.78 is 0. The van der Waals surface area contributed by atoms with Crippen LogP contribution in [0.5, 0.6) is 0 Å². The van der Waals surface area contributed by atoms with Gasteiger partial charge < -0.3 is 5.32 Å². The molecule has 0 bridgehead atoms. The van der Waals surface area contributed by atoms with Gasteiger partial charge in [-0.3, -0.25) is 4.90 Å². The van der Waals surface area contributed by atoms with Crippen LogP contribution in [-0.4, -0.2) is 36.6 Å². The summed E-state index contributed by atoms with van der Waals surface area (Å²) in [6, 6.07) is 12.2. The maximum Gasteiger partial charge on any atom is 0.0195 e. The first kappa shape index (κ1) is 13.6. The van der Waals surface area contributed by atoms with Crippen molar-refractivity contribution in [1.29, 1.82) is 0 Å². The number of nitrogens with zero attached hydrogens (tertiary/aromatic N) is 1. The van der Waals surface area contributed by atoms with Gasteiger partial charge in [0.1, 0.15) is 0 Å². The van der Waals surface area contributed by atoms with Gasteiger partial charge in [0, 0.05) is 25.2 Å². The molecular formula is C16H26N2. The lowest BCUT2D eigenvalue weighted by molar-refractivity contribution is 0.205. The Hall–Kier alpha value is -0.860. The van der Waals surface area contributed by atoms with Crippen molar-refractivity contribution in [2.45, 2.75) is 45.2 Å². The second-order valence-electron chi connectivity index (χ2n) is 5.62. The van der Waals surface area contributed by atoms with E-state index in [4.69, 9.17) is 0 Å². The van der Waals surface area contributed by atoms with E-state index in [1.165, 1.54) is 38.0 Å². The van der Waals surface area contributed by atoms with Gasteiger partial charge in [0.15, 0.2) is 0 Å². The molecule has 1 N–H and O–H groups in total. The molecule has 100 valence electrons. The van der Waals surface area contributed by atoms with Crippen LogP contribution in [0.25, 0.3) is 0 Å². The van der Waals surface area contributed by atoms with Crippen LogP contribution in [0, 0.1) is 0 Å². The smallest absolute Gasteiger partial charge is 0.0195 e. The molecule has 1 aromatic rings. The minimum Gasteiger partial charge on any atom is -0.313 e. The van der Waals surface area contributed by atoms with Crippen LogP contribution in [-0.2, 0) is 6.42 Å². The zero-order valence-electron chi connectivity index (χ0n) is 11.7. The van der Waals surface area contributed by atoms with Gasteiger partial charge in [-0.2, -0.15) is 0 Å². The van der Waals surface area contributed by atoms with Gasteiger partial charge in [-0.15, -0.1) is 0 Å². The van der Waals surface area contributed by atoms with Crippen molar-refractivity contribution in [3.63, 3.8) is 0 Å². The molecule has 0 aliphatic carbocycles. The molecule has 0 saturated carbocycles. The lowest BCUT2D eigenvalue weighted by Crippen LogP contribution is -2.42. The summed E-state index contributed by atoms with van der Waals surface area (Å²) in [4.78, 5) is 2.61. The zero-order chi connectivity index (χ0) is 12.8. The molecule has 1 aromatic carbocycles. The summed E-state index contributed by atoms with van der Waals surface area (Å²) in [6.07, 6.45) is 3.84. The normalized spacial score (nSPS) is 19.9. The van der Waals surface area contributed by atoms with Gasteiger partial charge in [0.2, 0.25) is 0 Å². The van der Waals surface area contributed by atoms with E-state index in [0.717, 1.165) is 6.42 Å². The van der Waals surface area contributed by atoms with Crippen LogP contribution >= 0.6 is 0 Å². The highest BCUT2D eigenvalue weighted by Crippen LogP contribution is 2.10. The molecule has 1 aliphatic heterocycles. The predicted octanol–water partition coefficient (Wildman–Crippen LogP) is 2.69. The summed E-state index contributed by atoms with van der Waals surface area (Å²) in [7, 11) is 0. The molecule has 1 aliphatic rings. The minimum atomic E-state index is 0.635. The van der Waals surface area contributed by atoms with Crippen molar-refractivity contribution in [3.05, 3.63) is 35.9 Å². The third-order valence-corrected chi connectivity index (χ3v) is 3.88. The molecule has 2 nitrogen and oxygen atoms in total. The van der Waals surface area contributed by atoms with Crippen molar-refractivity contribution in [2.75, 3.05) is 19.6 Å². The van der Waals surface area contributed by atoms with Crippen LogP contribution < -0.4 is 5.32 Å². The first-order chi connectivity index (χ1) is 8.75. The standard InChI is InChI=1S/C16H26N2/c1-14(2)18(13-16-9-6-11-17-16)12-10-15-7-4-3-5-8-15/h3-5,7-8,14,16-17H,6,9-13H2,1-2H3. The Morgan fingerprint density at radius 2 is 2.06 bits per heavy atom. The second-order valence-corrected chi connectivity index (χ2v) is 5.62. The topological polar surface area (TPSA) is 15.3 Å². The fourth-order valence-corrected chi connectivity index (χ4v) is 2.67. The van der Waals surface area contributed by atoms with Crippen molar-refractivity contribution in [2.24, 2.45) is 0 Å². The molecule has 0 spiro atoms. The summed E-state index contributed by atoms with van der Waals surface area (Å²) in [5, 5.41) is 3.60. The highest BCUT2D eigenvalue weighted by Gasteiger charge is 2.19. The SMILES string of the molecule is CC(C)N(CCc1ccccc1)CC1CCCN1. The van der Waals surface area contributed by atoms with Crippen molar-refractivity contribution < 1.29 is 0 Å². The summed E-state index contributed by atoms with van der Waals surface area (Å²) in [5.41, 5.74) is 1.45. The van der Waals surface area contributed by atoms with Gasteiger partial charge >= 0.3 is 0 Å². The molecule has 1 saturated heterocycles. The molecule has 2 heteroatoms. The van der Waals surface area contributed by atoms with E-state index in [-0.39, 0.29) is 0 Å². The summed E-state index contributed by atoms with van der Waals surface area (Å²) >= 11 is 0. The predicted molar refractivity (Wildman–Crippen MR) is 77.9 cm³/mol. The van der Waals surface area contributed by atoms with E-state index in [1.54, 1.807) is 0 Å². The van der Waals surface area contributed by atoms with E-state index >= 15 is 0 Å². The molecule has 2 rings (SSSR count). The zero-order valence-corrected chi connectivity index (χ0v) is 11.7. The summed E-state index contributed by atoms with van der Waals surface area (Å²) in [6.45, 7) is 8.18. The first-order valence-corrected chi connectivity index (χ1v) is 7.27. The molecular weight excluding hydrogens is 220 g/mol. The highest BCUT2D eigenvalue weighted by atomic mass is 15.2. The number of benzene rings is 1. The lowest BCUT2D eigenvalue weighted by Gasteiger charge is -2.29. The van der Waals surface area contributed by atoms with Crippen LogP contribution in [0.2, 0.25) is 0 Å². The molecule has 18 heavy (non-hydrogen) atoms. The number of hydrogen-bond donors (Lipinski definition) is 1. The Morgan fingerprint density at radius 1 is 1.28 bits per heavy atom. The average Bonchev–Trinajstić information content (AvgIpc) is 2.88. The van der Waals surface area contributed by atoms with Gasteiger partial charge in [0.05, 0.1) is 0 Å².